The van der Waals surface area contributed by atoms with Crippen molar-refractivity contribution in [2.24, 2.45) is 5.16 Å². The van der Waals surface area contributed by atoms with E-state index in [2.05, 4.69) is 20.4 Å². The number of phenols is 2. The Hall–Kier alpha value is -5.10. The van der Waals surface area contributed by atoms with Gasteiger partial charge < -0.3 is 40.9 Å². The van der Waals surface area contributed by atoms with Crippen molar-refractivity contribution in [1.29, 1.82) is 0 Å². The van der Waals surface area contributed by atoms with Crippen molar-refractivity contribution in [3.05, 3.63) is 53.0 Å². The third-order valence-electron chi connectivity index (χ3n) is 6.69. The molecule has 0 aliphatic carbocycles. The molecule has 2 aromatic heterocycles. The number of hydrogen-bond acceptors (Lipinski definition) is 13. The summed E-state index contributed by atoms with van der Waals surface area (Å²) in [5.41, 5.74) is 4.63. The number of carbonyl (C=O) groups is 4. The number of nitrogen functional groups attached to an aromatic ring is 1. The van der Waals surface area contributed by atoms with Gasteiger partial charge in [0.05, 0.1) is 17.4 Å². The van der Waals surface area contributed by atoms with Gasteiger partial charge in [-0.3, -0.25) is 14.5 Å². The maximum Gasteiger partial charge on any atom is 0.352 e. The molecular weight excluding hydrogens is 618 g/mol. The number of thiazole rings is 1. The fraction of sp³-hybridized carbons (Fsp3) is 0.269. The van der Waals surface area contributed by atoms with Gasteiger partial charge in [0.15, 0.2) is 22.3 Å². The smallest absolute Gasteiger partial charge is 0.352 e. The van der Waals surface area contributed by atoms with Crippen molar-refractivity contribution < 1.29 is 44.4 Å². The lowest BCUT2D eigenvalue weighted by Gasteiger charge is -2.49. The van der Waals surface area contributed by atoms with Gasteiger partial charge in [-0.2, -0.15) is 0 Å². The molecule has 0 spiro atoms. The summed E-state index contributed by atoms with van der Waals surface area (Å²) < 4.78 is 1.68. The van der Waals surface area contributed by atoms with E-state index < -0.39 is 46.5 Å². The van der Waals surface area contributed by atoms with Crippen molar-refractivity contribution in [3.8, 4) is 11.5 Å². The minimum atomic E-state index is -1.78. The molecule has 230 valence electrons. The SMILES string of the molecule is CC(C)(O/N=C(\C(=O)NC1C(=O)N2C(C(=O)O)=C(/C=C/Cn3cnc4cc(O)c(O)cc43)CSC12)c1csc(N)n1)C(=O)O. The molecule has 18 heteroatoms. The standard InChI is InChI=1S/C26H25N7O9S2/c1-26(2,24(40)41)42-31-17(13-9-44-25(27)29-13)20(36)30-18-21(37)33-19(23(38)39)11(8-43-22(18)33)4-3-5-32-10-28-12-6-15(34)16(35)7-14(12)32/h3-4,6-7,9-10,18,22,34-35H,5,8H2,1-2H3,(H2,27,29)(H,30,36)(H,38,39)(H,40,41)/b4-3+,31-17-. The summed E-state index contributed by atoms with van der Waals surface area (Å²) in [5.74, 6) is -4.63. The lowest BCUT2D eigenvalue weighted by atomic mass is 10.0. The minimum Gasteiger partial charge on any atom is -0.504 e. The molecular formula is C26H25N7O9S2. The summed E-state index contributed by atoms with van der Waals surface area (Å²) in [6.07, 6.45) is 4.76. The number of imidazole rings is 1. The van der Waals surface area contributed by atoms with E-state index in [9.17, 15) is 39.6 Å². The van der Waals surface area contributed by atoms with E-state index in [1.54, 1.807) is 16.7 Å². The number of aromatic hydroxyl groups is 2. The van der Waals surface area contributed by atoms with Crippen molar-refractivity contribution in [2.45, 2.75) is 37.4 Å². The topological polar surface area (TPSA) is 243 Å². The fourth-order valence-corrected chi connectivity index (χ4v) is 6.18. The summed E-state index contributed by atoms with van der Waals surface area (Å²) in [7, 11) is 0. The van der Waals surface area contributed by atoms with E-state index in [0.717, 1.165) is 16.2 Å². The van der Waals surface area contributed by atoms with E-state index >= 15 is 0 Å². The zero-order valence-corrected chi connectivity index (χ0v) is 24.6. The predicted octanol–water partition coefficient (Wildman–Crippen LogP) is 1.07. The molecule has 2 unspecified atom stereocenters. The molecule has 1 fully saturated rings. The van der Waals surface area contributed by atoms with Gasteiger partial charge in [0.2, 0.25) is 5.60 Å². The van der Waals surface area contributed by atoms with Crippen LogP contribution in [-0.2, 0) is 30.6 Å². The molecule has 1 saturated heterocycles. The molecule has 16 nitrogen and oxygen atoms in total. The third kappa shape index (κ3) is 5.63. The molecule has 4 heterocycles. The van der Waals surface area contributed by atoms with Gasteiger partial charge in [-0.1, -0.05) is 17.3 Å². The number of nitrogens with zero attached hydrogens (tertiary/aromatic N) is 5. The second-order valence-electron chi connectivity index (χ2n) is 10.1. The van der Waals surface area contributed by atoms with Crippen molar-refractivity contribution in [2.75, 3.05) is 11.5 Å². The molecule has 0 saturated carbocycles. The summed E-state index contributed by atoms with van der Waals surface area (Å²) in [4.78, 5) is 64.4. The molecule has 2 aliphatic rings. The number of carboxylic acids is 2. The number of benzene rings is 1. The maximum atomic E-state index is 13.2. The van der Waals surface area contributed by atoms with Gasteiger partial charge >= 0.3 is 11.9 Å². The Kier molecular flexibility index (Phi) is 7.96. The zero-order valence-electron chi connectivity index (χ0n) is 23.0. The highest BCUT2D eigenvalue weighted by Crippen LogP contribution is 2.41. The van der Waals surface area contributed by atoms with E-state index in [4.69, 9.17) is 10.6 Å². The third-order valence-corrected chi connectivity index (χ3v) is 8.66. The second kappa shape index (κ2) is 11.5. The van der Waals surface area contributed by atoms with Crippen molar-refractivity contribution in [3.63, 3.8) is 0 Å². The fourth-order valence-electron chi connectivity index (χ4n) is 4.32. The van der Waals surface area contributed by atoms with Crippen LogP contribution in [0.4, 0.5) is 5.13 Å². The minimum absolute atomic E-state index is 0.00217. The monoisotopic (exact) mass is 643 g/mol. The van der Waals surface area contributed by atoms with Crippen LogP contribution in [0.2, 0.25) is 0 Å². The first kappa shape index (κ1) is 30.4. The summed E-state index contributed by atoms with van der Waals surface area (Å²) in [6, 6.07) is 1.58. The van der Waals surface area contributed by atoms with Gasteiger partial charge in [-0.25, -0.2) is 19.6 Å². The number of rotatable bonds is 10. The molecule has 5 rings (SSSR count). The molecule has 1 aromatic carbocycles. The number of anilines is 1. The first-order valence-corrected chi connectivity index (χ1v) is 14.7. The lowest BCUT2D eigenvalue weighted by Crippen LogP contribution is -2.71. The summed E-state index contributed by atoms with van der Waals surface area (Å²) in [6.45, 7) is 2.72. The summed E-state index contributed by atoms with van der Waals surface area (Å²) in [5, 5.41) is 45.8. The number of oxime groups is 1. The molecule has 2 amide bonds. The molecule has 44 heavy (non-hydrogen) atoms. The van der Waals surface area contributed by atoms with Crippen molar-refractivity contribution in [1.82, 2.24) is 24.8 Å². The average Bonchev–Trinajstić information content (AvgIpc) is 3.56. The molecule has 2 aliphatic heterocycles. The first-order valence-electron chi connectivity index (χ1n) is 12.7. The average molecular weight is 644 g/mol. The molecule has 7 N–H and O–H groups in total. The number of carbonyl (C=O) groups excluding carboxylic acids is 2. The quantitative estimate of drug-likeness (QED) is 0.0785. The van der Waals surface area contributed by atoms with E-state index in [1.807, 2.05) is 0 Å². The number of hydrogen-bond donors (Lipinski definition) is 6. The number of amides is 2. The van der Waals surface area contributed by atoms with Crippen LogP contribution in [0.3, 0.4) is 0 Å². The van der Waals surface area contributed by atoms with Gasteiger partial charge in [0.1, 0.15) is 22.8 Å². The molecule has 3 aromatic rings. The zero-order chi connectivity index (χ0) is 31.9. The first-order chi connectivity index (χ1) is 20.8. The molecule has 0 bridgehead atoms. The van der Waals surface area contributed by atoms with Crippen LogP contribution in [0.1, 0.15) is 19.5 Å². The second-order valence-corrected chi connectivity index (χ2v) is 12.1. The Balaban J connectivity index is 1.33. The number of aromatic nitrogens is 3. The number of nitrogens with two attached hydrogens (primary N) is 1. The highest BCUT2D eigenvalue weighted by Gasteiger charge is 2.54. The Morgan fingerprint density at radius 3 is 2.64 bits per heavy atom. The van der Waals surface area contributed by atoms with Crippen LogP contribution in [0.5, 0.6) is 11.5 Å². The van der Waals surface area contributed by atoms with Gasteiger partial charge in [-0.15, -0.1) is 23.1 Å². The number of carboxylic acid groups (broad SMARTS) is 2. The van der Waals surface area contributed by atoms with Crippen LogP contribution in [0.25, 0.3) is 11.0 Å². The van der Waals surface area contributed by atoms with Gasteiger partial charge in [0, 0.05) is 29.8 Å². The normalized spacial score (nSPS) is 18.8. The predicted molar refractivity (Wildman–Crippen MR) is 158 cm³/mol. The highest BCUT2D eigenvalue weighted by atomic mass is 32.2. The summed E-state index contributed by atoms with van der Waals surface area (Å²) >= 11 is 2.25. The Bertz CT molecular complexity index is 1790. The van der Waals surface area contributed by atoms with E-state index in [-0.39, 0.29) is 40.3 Å². The van der Waals surface area contributed by atoms with Crippen LogP contribution >= 0.6 is 23.1 Å². The number of fused-ring (bicyclic) bond motifs is 2. The Labute approximate surface area is 256 Å². The maximum absolute atomic E-state index is 13.2. The Morgan fingerprint density at radius 1 is 1.25 bits per heavy atom. The van der Waals surface area contributed by atoms with Crippen LogP contribution < -0.4 is 11.1 Å². The van der Waals surface area contributed by atoms with Crippen molar-refractivity contribution >= 4 is 68.7 Å². The Morgan fingerprint density at radius 2 is 1.98 bits per heavy atom. The van der Waals surface area contributed by atoms with Crippen LogP contribution in [0.15, 0.2) is 52.4 Å². The number of nitrogens with one attached hydrogen (secondary N) is 1. The van der Waals surface area contributed by atoms with Gasteiger partial charge in [0.25, 0.3) is 11.8 Å². The number of aliphatic carboxylic acids is 2. The molecule has 2 atom stereocenters. The molecule has 0 radical (unpaired) electrons. The number of thioether (sulfide) groups is 1. The number of phenolic OH excluding ortho intramolecular Hbond substituents is 2. The lowest BCUT2D eigenvalue weighted by molar-refractivity contribution is -0.161. The van der Waals surface area contributed by atoms with Crippen LogP contribution in [-0.4, -0.2) is 92.1 Å². The van der Waals surface area contributed by atoms with Crippen LogP contribution in [0, 0.1) is 0 Å². The van der Waals surface area contributed by atoms with E-state index in [1.165, 1.54) is 49.4 Å². The number of allylic oxidation sites excluding steroid dienone is 2. The number of β-lactam (4-membered cyclic amide) rings is 1. The largest absolute Gasteiger partial charge is 0.504 e. The van der Waals surface area contributed by atoms with E-state index in [0.29, 0.717) is 16.6 Å². The highest BCUT2D eigenvalue weighted by molar-refractivity contribution is 8.00. The van der Waals surface area contributed by atoms with Gasteiger partial charge in [-0.05, 0) is 19.4 Å².